The van der Waals surface area contributed by atoms with Gasteiger partial charge in [0.2, 0.25) is 0 Å². The van der Waals surface area contributed by atoms with Crippen molar-refractivity contribution in [2.45, 2.75) is 19.7 Å². The molecule has 0 aromatic heterocycles. The van der Waals surface area contributed by atoms with Crippen molar-refractivity contribution in [3.8, 4) is 5.75 Å². The van der Waals surface area contributed by atoms with Crippen molar-refractivity contribution < 1.29 is 17.9 Å². The molecule has 1 aromatic carbocycles. The molecule has 1 aromatic rings. The first-order chi connectivity index (χ1) is 10.4. The summed E-state index contributed by atoms with van der Waals surface area (Å²) in [5, 5.41) is 6.15. The molecule has 2 N–H and O–H groups in total. The first-order valence-corrected chi connectivity index (χ1v) is 6.92. The van der Waals surface area contributed by atoms with Crippen LogP contribution in [0.15, 0.2) is 41.9 Å². The first kappa shape index (κ1) is 17.9. The highest BCUT2D eigenvalue weighted by Gasteiger charge is 2.30. The van der Waals surface area contributed by atoms with Crippen LogP contribution in [0.2, 0.25) is 0 Å². The van der Waals surface area contributed by atoms with E-state index < -0.39 is 6.36 Å². The number of nitrogens with one attached hydrogen (secondary N) is 2. The van der Waals surface area contributed by atoms with Gasteiger partial charge in [-0.2, -0.15) is 0 Å². The van der Waals surface area contributed by atoms with E-state index in [1.807, 2.05) is 6.92 Å². The number of nitrogens with zero attached hydrogens (tertiary/aromatic N) is 1. The number of hydrogen-bond acceptors (Lipinski definition) is 2. The van der Waals surface area contributed by atoms with Crippen LogP contribution < -0.4 is 15.4 Å². The molecule has 0 spiro atoms. The second-order valence-corrected chi connectivity index (χ2v) is 4.37. The lowest BCUT2D eigenvalue weighted by atomic mass is 10.1. The number of aliphatic imine (C=N–C) groups is 1. The smallest absolute Gasteiger partial charge is 0.406 e. The largest absolute Gasteiger partial charge is 0.573 e. The molecular formula is C15H20F3N3O. The van der Waals surface area contributed by atoms with E-state index in [-0.39, 0.29) is 5.75 Å². The summed E-state index contributed by atoms with van der Waals surface area (Å²) in [6.07, 6.45) is -2.31. The Balaban J connectivity index is 2.51. The topological polar surface area (TPSA) is 45.7 Å². The fourth-order valence-corrected chi connectivity index (χ4v) is 1.67. The summed E-state index contributed by atoms with van der Waals surface area (Å²) >= 11 is 0. The van der Waals surface area contributed by atoms with E-state index in [9.17, 15) is 13.2 Å². The number of halogens is 3. The summed E-state index contributed by atoms with van der Waals surface area (Å²) in [5.41, 5.74) is 0.887. The molecule has 4 nitrogen and oxygen atoms in total. The number of guanidine groups is 1. The van der Waals surface area contributed by atoms with Gasteiger partial charge in [0.15, 0.2) is 5.96 Å². The highest BCUT2D eigenvalue weighted by molar-refractivity contribution is 5.79. The van der Waals surface area contributed by atoms with Crippen molar-refractivity contribution >= 4 is 5.96 Å². The quantitative estimate of drug-likeness (QED) is 0.462. The maximum Gasteiger partial charge on any atom is 0.573 e. The van der Waals surface area contributed by atoms with Gasteiger partial charge in [0.1, 0.15) is 5.75 Å². The number of rotatable bonds is 7. The molecule has 0 radical (unpaired) electrons. The van der Waals surface area contributed by atoms with E-state index >= 15 is 0 Å². The predicted octanol–water partition coefficient (Wildman–Crippen LogP) is 2.87. The molecule has 0 fully saturated rings. The van der Waals surface area contributed by atoms with E-state index in [4.69, 9.17) is 0 Å². The summed E-state index contributed by atoms with van der Waals surface area (Å²) in [7, 11) is 0. The number of alkyl halides is 3. The van der Waals surface area contributed by atoms with Gasteiger partial charge in [-0.15, -0.1) is 19.8 Å². The molecule has 0 bridgehead atoms. The highest BCUT2D eigenvalue weighted by Crippen LogP contribution is 2.22. The lowest BCUT2D eigenvalue weighted by Gasteiger charge is -2.10. The van der Waals surface area contributed by atoms with Crippen molar-refractivity contribution in [3.05, 3.63) is 42.5 Å². The summed E-state index contributed by atoms with van der Waals surface area (Å²) in [5.74, 6) is 0.458. The summed E-state index contributed by atoms with van der Waals surface area (Å²) in [6, 6.07) is 5.79. The van der Waals surface area contributed by atoms with Gasteiger partial charge >= 0.3 is 6.36 Å². The Bertz CT molecular complexity index is 484. The van der Waals surface area contributed by atoms with Gasteiger partial charge in [0.25, 0.3) is 0 Å². The van der Waals surface area contributed by atoms with Crippen LogP contribution in [0.1, 0.15) is 12.5 Å². The molecule has 0 aliphatic heterocycles. The average Bonchev–Trinajstić information content (AvgIpc) is 2.45. The summed E-state index contributed by atoms with van der Waals surface area (Å²) < 4.78 is 40.0. The molecule has 0 atom stereocenters. The van der Waals surface area contributed by atoms with Crippen molar-refractivity contribution in [1.29, 1.82) is 0 Å². The minimum absolute atomic E-state index is 0.222. The highest BCUT2D eigenvalue weighted by atomic mass is 19.4. The predicted molar refractivity (Wildman–Crippen MR) is 81.0 cm³/mol. The molecule has 0 aliphatic rings. The van der Waals surface area contributed by atoms with Crippen molar-refractivity contribution in [2.24, 2.45) is 4.99 Å². The third-order valence-corrected chi connectivity index (χ3v) is 2.59. The first-order valence-electron chi connectivity index (χ1n) is 6.92. The van der Waals surface area contributed by atoms with Crippen LogP contribution in [0.5, 0.6) is 5.75 Å². The zero-order chi connectivity index (χ0) is 16.4. The minimum Gasteiger partial charge on any atom is -0.406 e. The van der Waals surface area contributed by atoms with E-state index in [1.165, 1.54) is 12.1 Å². The van der Waals surface area contributed by atoms with Crippen molar-refractivity contribution in [3.63, 3.8) is 0 Å². The van der Waals surface area contributed by atoms with E-state index in [2.05, 4.69) is 26.9 Å². The van der Waals surface area contributed by atoms with Crippen LogP contribution >= 0.6 is 0 Å². The zero-order valence-electron chi connectivity index (χ0n) is 12.4. The normalized spacial score (nSPS) is 11.9. The maximum atomic E-state index is 12.0. The van der Waals surface area contributed by atoms with Crippen LogP contribution in [0.4, 0.5) is 13.2 Å². The van der Waals surface area contributed by atoms with Gasteiger partial charge in [-0.25, -0.2) is 0 Å². The van der Waals surface area contributed by atoms with E-state index in [0.29, 0.717) is 25.5 Å². The fraction of sp³-hybridized carbons (Fsp3) is 0.400. The molecule has 0 amide bonds. The van der Waals surface area contributed by atoms with Crippen LogP contribution in [0.3, 0.4) is 0 Å². The van der Waals surface area contributed by atoms with E-state index in [0.717, 1.165) is 12.1 Å². The standard InChI is InChI=1S/C15H20F3N3O/c1-3-10-20-14(19-4-2)21-11-9-12-5-7-13(8-6-12)22-15(16,17)18/h3,5-8H,1,4,9-11H2,2H3,(H2,19,20,21). The SMILES string of the molecule is C=CCNC(=NCCc1ccc(OC(F)(F)F)cc1)NCC. The zero-order valence-corrected chi connectivity index (χ0v) is 12.4. The molecular weight excluding hydrogens is 295 g/mol. The molecule has 0 saturated heterocycles. The number of hydrogen-bond donors (Lipinski definition) is 2. The van der Waals surface area contributed by atoms with Gasteiger partial charge < -0.3 is 15.4 Å². The number of benzene rings is 1. The Morgan fingerprint density at radius 3 is 2.50 bits per heavy atom. The Morgan fingerprint density at radius 2 is 1.95 bits per heavy atom. The van der Waals surface area contributed by atoms with Crippen LogP contribution in [-0.2, 0) is 6.42 Å². The third-order valence-electron chi connectivity index (χ3n) is 2.59. The van der Waals surface area contributed by atoms with Gasteiger partial charge in [-0.3, -0.25) is 4.99 Å². The molecule has 1 rings (SSSR count). The van der Waals surface area contributed by atoms with Crippen molar-refractivity contribution in [1.82, 2.24) is 10.6 Å². The second-order valence-electron chi connectivity index (χ2n) is 4.37. The molecule has 7 heteroatoms. The fourth-order valence-electron chi connectivity index (χ4n) is 1.67. The van der Waals surface area contributed by atoms with Gasteiger partial charge in [-0.1, -0.05) is 18.2 Å². The Hall–Kier alpha value is -2.18. The van der Waals surface area contributed by atoms with Crippen molar-refractivity contribution in [2.75, 3.05) is 19.6 Å². The Morgan fingerprint density at radius 1 is 1.27 bits per heavy atom. The molecule has 0 saturated carbocycles. The summed E-state index contributed by atoms with van der Waals surface area (Å²) in [4.78, 5) is 4.36. The molecule has 0 heterocycles. The monoisotopic (exact) mass is 315 g/mol. The molecule has 0 unspecified atom stereocenters. The van der Waals surface area contributed by atoms with Gasteiger partial charge in [0, 0.05) is 19.6 Å². The minimum atomic E-state index is -4.66. The third kappa shape index (κ3) is 7.56. The molecule has 122 valence electrons. The maximum absolute atomic E-state index is 12.0. The summed E-state index contributed by atoms with van der Waals surface area (Å²) in [6.45, 7) is 7.45. The Labute approximate surface area is 128 Å². The Kier molecular flexibility index (Phi) is 7.28. The van der Waals surface area contributed by atoms with Gasteiger partial charge in [0.05, 0.1) is 0 Å². The lowest BCUT2D eigenvalue weighted by molar-refractivity contribution is -0.274. The van der Waals surface area contributed by atoms with Crippen LogP contribution in [-0.4, -0.2) is 32.0 Å². The molecule has 0 aliphatic carbocycles. The second kappa shape index (κ2) is 8.96. The number of ether oxygens (including phenoxy) is 1. The average molecular weight is 315 g/mol. The van der Waals surface area contributed by atoms with E-state index in [1.54, 1.807) is 18.2 Å². The molecule has 22 heavy (non-hydrogen) atoms. The lowest BCUT2D eigenvalue weighted by Crippen LogP contribution is -2.37. The van der Waals surface area contributed by atoms with Crippen LogP contribution in [0.25, 0.3) is 0 Å². The van der Waals surface area contributed by atoms with Gasteiger partial charge in [-0.05, 0) is 31.0 Å². The van der Waals surface area contributed by atoms with Crippen LogP contribution in [0, 0.1) is 0 Å².